The second kappa shape index (κ2) is 8.57. The second-order valence-corrected chi connectivity index (χ2v) is 7.28. The molecule has 152 valence electrons. The summed E-state index contributed by atoms with van der Waals surface area (Å²) in [4.78, 5) is 23.6. The molecule has 1 amide bonds. The van der Waals surface area contributed by atoms with E-state index in [1.165, 1.54) is 0 Å². The van der Waals surface area contributed by atoms with E-state index in [2.05, 4.69) is 33.3 Å². The lowest BCUT2D eigenvalue weighted by Crippen LogP contribution is -2.28. The smallest absolute Gasteiger partial charge is 0.256 e. The van der Waals surface area contributed by atoms with Gasteiger partial charge in [0.15, 0.2) is 5.65 Å². The highest BCUT2D eigenvalue weighted by molar-refractivity contribution is 5.96. The first-order valence-corrected chi connectivity index (χ1v) is 10.0. The summed E-state index contributed by atoms with van der Waals surface area (Å²) < 4.78 is 7.34. The Balaban J connectivity index is 1.47. The number of nitrogens with zero attached hydrogens (tertiary/aromatic N) is 5. The maximum atomic E-state index is 12.6. The highest BCUT2D eigenvalue weighted by Crippen LogP contribution is 2.30. The Kier molecular flexibility index (Phi) is 5.71. The largest absolute Gasteiger partial charge is 0.477 e. The zero-order chi connectivity index (χ0) is 20.2. The minimum absolute atomic E-state index is 0.205. The predicted octanol–water partition coefficient (Wildman–Crippen LogP) is 2.07. The molecule has 1 aliphatic heterocycles. The van der Waals surface area contributed by atoms with Crippen LogP contribution in [0.4, 0.5) is 0 Å². The van der Waals surface area contributed by atoms with Gasteiger partial charge in [-0.25, -0.2) is 14.6 Å². The van der Waals surface area contributed by atoms with Gasteiger partial charge in [-0.3, -0.25) is 4.79 Å². The van der Waals surface area contributed by atoms with E-state index in [4.69, 9.17) is 9.84 Å². The first kappa shape index (κ1) is 19.3. The van der Waals surface area contributed by atoms with Crippen LogP contribution in [0.25, 0.3) is 11.0 Å². The van der Waals surface area contributed by atoms with Crippen molar-refractivity contribution < 1.29 is 9.53 Å². The summed E-state index contributed by atoms with van der Waals surface area (Å²) in [5.74, 6) is 0.571. The number of likely N-dealkylation sites (tertiary alicyclic amines) is 1. The topological polar surface area (TPSA) is 85.2 Å². The van der Waals surface area contributed by atoms with Crippen molar-refractivity contribution in [3.05, 3.63) is 47.9 Å². The van der Waals surface area contributed by atoms with Gasteiger partial charge >= 0.3 is 0 Å². The summed E-state index contributed by atoms with van der Waals surface area (Å²) in [6.07, 6.45) is 4.51. The number of rotatable bonds is 7. The van der Waals surface area contributed by atoms with Crippen molar-refractivity contribution >= 4 is 16.9 Å². The first-order valence-electron chi connectivity index (χ1n) is 10.0. The Labute approximate surface area is 169 Å². The molecule has 0 saturated carbocycles. The Morgan fingerprint density at radius 2 is 2.10 bits per heavy atom. The average molecular weight is 394 g/mol. The molecule has 8 nitrogen and oxygen atoms in total. The van der Waals surface area contributed by atoms with Crippen LogP contribution in [0.15, 0.2) is 36.7 Å². The first-order chi connectivity index (χ1) is 14.2. The number of carbonyl (C=O) groups is 1. The Morgan fingerprint density at radius 3 is 2.90 bits per heavy atom. The summed E-state index contributed by atoms with van der Waals surface area (Å²) >= 11 is 0. The lowest BCUT2D eigenvalue weighted by atomic mass is 10.0. The number of ether oxygens (including phenoxy) is 1. The standard InChI is InChI=1S/C21H26N6O2/c1-3-29-21-17(7-5-10-24-21)20(28)23-11-13-27-19-16(6-4-9-22-19)18(25-27)15-8-12-26(2)14-15/h4-7,9-10,15H,3,8,11-14H2,1-2H3,(H,23,28)/t15-/m0/s1. The monoisotopic (exact) mass is 394 g/mol. The lowest BCUT2D eigenvalue weighted by Gasteiger charge is -2.10. The quantitative estimate of drug-likeness (QED) is 0.660. The van der Waals surface area contributed by atoms with Gasteiger partial charge in [0.05, 0.1) is 18.8 Å². The van der Waals surface area contributed by atoms with Crippen LogP contribution in [-0.4, -0.2) is 63.8 Å². The average Bonchev–Trinajstić information content (AvgIpc) is 3.32. The minimum Gasteiger partial charge on any atom is -0.477 e. The lowest BCUT2D eigenvalue weighted by molar-refractivity contribution is 0.0947. The van der Waals surface area contributed by atoms with E-state index >= 15 is 0 Å². The molecule has 3 aromatic heterocycles. The molecule has 4 rings (SSSR count). The van der Waals surface area contributed by atoms with Crippen molar-refractivity contribution in [2.45, 2.75) is 25.8 Å². The third-order valence-corrected chi connectivity index (χ3v) is 5.22. The van der Waals surface area contributed by atoms with Gasteiger partial charge in [0.2, 0.25) is 5.88 Å². The minimum atomic E-state index is -0.205. The van der Waals surface area contributed by atoms with Gasteiger partial charge in [-0.2, -0.15) is 5.10 Å². The Hall–Kier alpha value is -3.00. The molecule has 0 unspecified atom stereocenters. The molecule has 29 heavy (non-hydrogen) atoms. The fourth-order valence-corrected chi connectivity index (χ4v) is 3.84. The van der Waals surface area contributed by atoms with E-state index in [0.717, 1.165) is 36.2 Å². The van der Waals surface area contributed by atoms with Gasteiger partial charge in [-0.15, -0.1) is 0 Å². The number of pyridine rings is 2. The van der Waals surface area contributed by atoms with Crippen LogP contribution in [0.2, 0.25) is 0 Å². The molecule has 1 saturated heterocycles. The van der Waals surface area contributed by atoms with E-state index in [1.807, 2.05) is 17.7 Å². The summed E-state index contributed by atoms with van der Waals surface area (Å²) in [6.45, 7) is 5.41. The molecule has 0 radical (unpaired) electrons. The Bertz CT molecular complexity index is 1000. The van der Waals surface area contributed by atoms with Crippen LogP contribution in [0.1, 0.15) is 35.3 Å². The number of amides is 1. The van der Waals surface area contributed by atoms with E-state index in [-0.39, 0.29) is 5.91 Å². The third kappa shape index (κ3) is 4.07. The zero-order valence-corrected chi connectivity index (χ0v) is 16.8. The molecular weight excluding hydrogens is 368 g/mol. The SMILES string of the molecule is CCOc1ncccc1C(=O)NCCn1nc([C@H]2CCN(C)C2)c2cccnc21. The van der Waals surface area contributed by atoms with Crippen molar-refractivity contribution in [2.24, 2.45) is 0 Å². The zero-order valence-electron chi connectivity index (χ0n) is 16.8. The van der Waals surface area contributed by atoms with E-state index in [1.54, 1.807) is 24.5 Å². The summed E-state index contributed by atoms with van der Waals surface area (Å²) in [5, 5.41) is 8.90. The molecule has 0 spiro atoms. The molecular formula is C21H26N6O2. The molecule has 0 aliphatic carbocycles. The van der Waals surface area contributed by atoms with Gasteiger partial charge in [-0.1, -0.05) is 0 Å². The number of fused-ring (bicyclic) bond motifs is 1. The van der Waals surface area contributed by atoms with Crippen molar-refractivity contribution in [3.8, 4) is 5.88 Å². The summed E-state index contributed by atoms with van der Waals surface area (Å²) in [5.41, 5.74) is 2.41. The van der Waals surface area contributed by atoms with Gasteiger partial charge in [-0.05, 0) is 51.2 Å². The van der Waals surface area contributed by atoms with Crippen LogP contribution >= 0.6 is 0 Å². The molecule has 4 heterocycles. The predicted molar refractivity (Wildman–Crippen MR) is 110 cm³/mol. The number of nitrogens with one attached hydrogen (secondary N) is 1. The van der Waals surface area contributed by atoms with Gasteiger partial charge in [0.1, 0.15) is 5.56 Å². The third-order valence-electron chi connectivity index (χ3n) is 5.22. The van der Waals surface area contributed by atoms with Crippen LogP contribution in [0, 0.1) is 0 Å². The van der Waals surface area contributed by atoms with Gasteiger partial charge in [0.25, 0.3) is 5.91 Å². The highest BCUT2D eigenvalue weighted by atomic mass is 16.5. The van der Waals surface area contributed by atoms with Crippen LogP contribution < -0.4 is 10.1 Å². The maximum Gasteiger partial charge on any atom is 0.256 e. The molecule has 1 aliphatic rings. The van der Waals surface area contributed by atoms with Crippen LogP contribution in [-0.2, 0) is 6.54 Å². The molecule has 1 fully saturated rings. The molecule has 3 aromatic rings. The number of likely N-dealkylation sites (N-methyl/N-ethyl adjacent to an activating group) is 1. The van der Waals surface area contributed by atoms with E-state index < -0.39 is 0 Å². The molecule has 8 heteroatoms. The molecule has 0 bridgehead atoms. The van der Waals surface area contributed by atoms with Crippen molar-refractivity contribution in [3.63, 3.8) is 0 Å². The van der Waals surface area contributed by atoms with Crippen molar-refractivity contribution in [1.82, 2.24) is 30.0 Å². The number of hydrogen-bond donors (Lipinski definition) is 1. The van der Waals surface area contributed by atoms with E-state index in [9.17, 15) is 4.79 Å². The number of carbonyl (C=O) groups excluding carboxylic acids is 1. The normalized spacial score (nSPS) is 17.0. The van der Waals surface area contributed by atoms with Gasteiger partial charge < -0.3 is 15.0 Å². The Morgan fingerprint density at radius 1 is 1.28 bits per heavy atom. The maximum absolute atomic E-state index is 12.6. The number of aromatic nitrogens is 4. The molecule has 1 atom stereocenters. The molecule has 0 aromatic carbocycles. The summed E-state index contributed by atoms with van der Waals surface area (Å²) in [6, 6.07) is 7.48. The van der Waals surface area contributed by atoms with Crippen LogP contribution in [0.3, 0.4) is 0 Å². The van der Waals surface area contributed by atoms with Gasteiger partial charge in [0, 0.05) is 36.8 Å². The second-order valence-electron chi connectivity index (χ2n) is 7.28. The van der Waals surface area contributed by atoms with Crippen LogP contribution in [0.5, 0.6) is 5.88 Å². The summed E-state index contributed by atoms with van der Waals surface area (Å²) in [7, 11) is 2.14. The number of hydrogen-bond acceptors (Lipinski definition) is 6. The van der Waals surface area contributed by atoms with Crippen molar-refractivity contribution in [2.75, 3.05) is 33.3 Å². The molecule has 1 N–H and O–H groups in total. The van der Waals surface area contributed by atoms with E-state index in [0.29, 0.717) is 37.1 Å². The van der Waals surface area contributed by atoms with Crippen molar-refractivity contribution in [1.29, 1.82) is 0 Å². The fraction of sp³-hybridized carbons (Fsp3) is 0.429. The highest BCUT2D eigenvalue weighted by Gasteiger charge is 2.26. The fourth-order valence-electron chi connectivity index (χ4n) is 3.84.